The van der Waals surface area contributed by atoms with Crippen molar-refractivity contribution in [3.63, 3.8) is 0 Å². The zero-order chi connectivity index (χ0) is 12.5. The Kier molecular flexibility index (Phi) is 5.03. The quantitative estimate of drug-likeness (QED) is 0.832. The summed E-state index contributed by atoms with van der Waals surface area (Å²) >= 11 is 1.90. The molecule has 0 bridgehead atoms. The third kappa shape index (κ3) is 3.03. The fraction of sp³-hybridized carbons (Fsp3) is 0.571. The van der Waals surface area contributed by atoms with Crippen LogP contribution >= 0.6 is 28.7 Å². The highest BCUT2D eigenvalue weighted by molar-refractivity contribution is 8.93. The molecular weight excluding hydrogens is 326 g/mol. The summed E-state index contributed by atoms with van der Waals surface area (Å²) in [5.74, 6) is 0.937. The highest BCUT2D eigenvalue weighted by Crippen LogP contribution is 2.45. The van der Waals surface area contributed by atoms with Crippen molar-refractivity contribution in [2.75, 3.05) is 25.2 Å². The van der Waals surface area contributed by atoms with Crippen molar-refractivity contribution in [1.29, 1.82) is 0 Å². The van der Waals surface area contributed by atoms with E-state index in [1.54, 1.807) is 7.11 Å². The van der Waals surface area contributed by atoms with E-state index in [1.165, 1.54) is 23.4 Å². The molecule has 2 aliphatic heterocycles. The first-order valence-electron chi connectivity index (χ1n) is 6.51. The Morgan fingerprint density at radius 3 is 3.00 bits per heavy atom. The maximum Gasteiger partial charge on any atom is 0.120 e. The molecule has 0 radical (unpaired) electrons. The summed E-state index contributed by atoms with van der Waals surface area (Å²) in [5, 5.41) is 0.483. The second kappa shape index (κ2) is 6.37. The molecule has 1 aromatic carbocycles. The van der Waals surface area contributed by atoms with Crippen molar-refractivity contribution in [3.05, 3.63) is 18.2 Å². The van der Waals surface area contributed by atoms with Crippen molar-refractivity contribution in [1.82, 2.24) is 0 Å². The van der Waals surface area contributed by atoms with Crippen LogP contribution in [-0.2, 0) is 4.74 Å². The molecule has 2 unspecified atom stereocenters. The largest absolute Gasteiger partial charge is 0.497 e. The van der Waals surface area contributed by atoms with Gasteiger partial charge in [-0.15, -0.1) is 17.0 Å². The lowest BCUT2D eigenvalue weighted by Crippen LogP contribution is -2.34. The maximum atomic E-state index is 5.75. The van der Waals surface area contributed by atoms with Gasteiger partial charge in [-0.25, -0.2) is 0 Å². The molecule has 1 saturated heterocycles. The first kappa shape index (κ1) is 15.0. The molecule has 0 spiro atoms. The fourth-order valence-corrected chi connectivity index (χ4v) is 3.84. The molecule has 1 aromatic rings. The minimum Gasteiger partial charge on any atom is -0.497 e. The van der Waals surface area contributed by atoms with Gasteiger partial charge in [-0.2, -0.15) is 0 Å². The predicted octanol–water partition coefficient (Wildman–Crippen LogP) is 3.71. The normalized spacial score (nSPS) is 25.1. The van der Waals surface area contributed by atoms with Crippen LogP contribution in [0.25, 0.3) is 0 Å². The molecule has 0 amide bonds. The lowest BCUT2D eigenvalue weighted by molar-refractivity contribution is 0.115. The van der Waals surface area contributed by atoms with Gasteiger partial charge in [-0.05, 0) is 38.0 Å². The number of thioether (sulfide) groups is 1. The van der Waals surface area contributed by atoms with Gasteiger partial charge < -0.3 is 14.4 Å². The summed E-state index contributed by atoms with van der Waals surface area (Å²) in [6, 6.07) is 6.34. The van der Waals surface area contributed by atoms with E-state index in [0.717, 1.165) is 18.9 Å². The lowest BCUT2D eigenvalue weighted by Gasteiger charge is -2.26. The topological polar surface area (TPSA) is 21.7 Å². The van der Waals surface area contributed by atoms with Crippen molar-refractivity contribution in [3.8, 4) is 5.75 Å². The van der Waals surface area contributed by atoms with Crippen molar-refractivity contribution < 1.29 is 9.47 Å². The molecule has 19 heavy (non-hydrogen) atoms. The molecule has 5 heteroatoms. The molecule has 2 heterocycles. The van der Waals surface area contributed by atoms with Gasteiger partial charge >= 0.3 is 0 Å². The Morgan fingerprint density at radius 2 is 2.32 bits per heavy atom. The summed E-state index contributed by atoms with van der Waals surface area (Å²) in [5.41, 5.74) is 1.32. The van der Waals surface area contributed by atoms with Crippen LogP contribution in [0.5, 0.6) is 5.75 Å². The van der Waals surface area contributed by atoms with Crippen LogP contribution in [0.4, 0.5) is 5.69 Å². The number of hydrogen-bond acceptors (Lipinski definition) is 4. The highest BCUT2D eigenvalue weighted by atomic mass is 79.9. The Bertz CT molecular complexity index is 437. The van der Waals surface area contributed by atoms with E-state index >= 15 is 0 Å². The number of halogens is 1. The van der Waals surface area contributed by atoms with E-state index in [1.807, 2.05) is 17.8 Å². The van der Waals surface area contributed by atoms with Gasteiger partial charge in [-0.3, -0.25) is 0 Å². The number of anilines is 1. The summed E-state index contributed by atoms with van der Waals surface area (Å²) in [6.45, 7) is 4.19. The molecular formula is C14H20BrNO2S. The molecule has 1 fully saturated rings. The lowest BCUT2D eigenvalue weighted by atomic mass is 10.2. The highest BCUT2D eigenvalue weighted by Gasteiger charge is 2.30. The van der Waals surface area contributed by atoms with Crippen LogP contribution in [-0.4, -0.2) is 31.7 Å². The summed E-state index contributed by atoms with van der Waals surface area (Å²) in [6.07, 6.45) is 2.80. The van der Waals surface area contributed by atoms with Gasteiger partial charge in [-0.1, -0.05) is 11.8 Å². The fourth-order valence-electron chi connectivity index (χ4n) is 2.65. The van der Waals surface area contributed by atoms with Crippen molar-refractivity contribution in [2.24, 2.45) is 0 Å². The van der Waals surface area contributed by atoms with Gasteiger partial charge in [0.25, 0.3) is 0 Å². The van der Waals surface area contributed by atoms with E-state index in [2.05, 4.69) is 24.0 Å². The second-order valence-electron chi connectivity index (χ2n) is 4.84. The number of hydrogen-bond donors (Lipinski definition) is 0. The van der Waals surface area contributed by atoms with Crippen LogP contribution in [0.15, 0.2) is 23.1 Å². The molecule has 106 valence electrons. The van der Waals surface area contributed by atoms with E-state index in [0.29, 0.717) is 11.5 Å². The smallest absolute Gasteiger partial charge is 0.120 e. The van der Waals surface area contributed by atoms with E-state index in [9.17, 15) is 0 Å². The van der Waals surface area contributed by atoms with Gasteiger partial charge in [0, 0.05) is 18.0 Å². The second-order valence-corrected chi connectivity index (χ2v) is 6.20. The third-order valence-electron chi connectivity index (χ3n) is 3.64. The van der Waals surface area contributed by atoms with Crippen LogP contribution in [0.3, 0.4) is 0 Å². The van der Waals surface area contributed by atoms with E-state index in [-0.39, 0.29) is 17.0 Å². The third-order valence-corrected chi connectivity index (χ3v) is 4.81. The SMILES string of the molecule is Br.COc1ccc2c(c1)SC(C)N2CC1CCCO1. The van der Waals surface area contributed by atoms with Gasteiger partial charge in [0.15, 0.2) is 0 Å². The minimum atomic E-state index is 0. The Hall–Kier alpha value is -0.390. The molecule has 0 aliphatic carbocycles. The van der Waals surface area contributed by atoms with E-state index < -0.39 is 0 Å². The van der Waals surface area contributed by atoms with Gasteiger partial charge in [0.2, 0.25) is 0 Å². The standard InChI is InChI=1S/C14H19NO2S.BrH/c1-10-15(9-12-4-3-7-17-12)13-6-5-11(16-2)8-14(13)18-10;/h5-6,8,10,12H,3-4,7,9H2,1-2H3;1H. The first-order valence-corrected chi connectivity index (χ1v) is 7.39. The molecule has 3 nitrogen and oxygen atoms in total. The summed E-state index contributed by atoms with van der Waals surface area (Å²) in [4.78, 5) is 3.77. The Labute approximate surface area is 129 Å². The number of rotatable bonds is 3. The molecule has 0 N–H and O–H groups in total. The number of nitrogens with zero attached hydrogens (tertiary/aromatic N) is 1. The first-order chi connectivity index (χ1) is 8.78. The molecule has 0 aromatic heterocycles. The Morgan fingerprint density at radius 1 is 1.47 bits per heavy atom. The number of ether oxygens (including phenoxy) is 2. The van der Waals surface area contributed by atoms with Crippen LogP contribution in [0.1, 0.15) is 19.8 Å². The van der Waals surface area contributed by atoms with Gasteiger partial charge in [0.1, 0.15) is 5.75 Å². The Balaban J connectivity index is 0.00000133. The molecule has 2 aliphatic rings. The zero-order valence-corrected chi connectivity index (χ0v) is 13.8. The number of fused-ring (bicyclic) bond motifs is 1. The summed E-state index contributed by atoms with van der Waals surface area (Å²) in [7, 11) is 1.72. The van der Waals surface area contributed by atoms with E-state index in [4.69, 9.17) is 9.47 Å². The molecule has 3 rings (SSSR count). The van der Waals surface area contributed by atoms with Crippen LogP contribution < -0.4 is 9.64 Å². The van der Waals surface area contributed by atoms with Gasteiger partial charge in [0.05, 0.1) is 24.3 Å². The molecule has 2 atom stereocenters. The van der Waals surface area contributed by atoms with Crippen molar-refractivity contribution in [2.45, 2.75) is 36.1 Å². The minimum absolute atomic E-state index is 0. The number of benzene rings is 1. The maximum absolute atomic E-state index is 5.75. The zero-order valence-electron chi connectivity index (χ0n) is 11.3. The van der Waals surface area contributed by atoms with Crippen molar-refractivity contribution >= 4 is 34.4 Å². The van der Waals surface area contributed by atoms with Crippen LogP contribution in [0.2, 0.25) is 0 Å². The predicted molar refractivity (Wildman–Crippen MR) is 85.0 cm³/mol. The monoisotopic (exact) mass is 345 g/mol. The summed E-state index contributed by atoms with van der Waals surface area (Å²) < 4.78 is 11.0. The average Bonchev–Trinajstić information content (AvgIpc) is 2.98. The number of methoxy groups -OCH3 is 1. The molecule has 0 saturated carbocycles. The average molecular weight is 346 g/mol. The van der Waals surface area contributed by atoms with Crippen LogP contribution in [0, 0.1) is 0 Å².